The molecule has 0 saturated carbocycles. The van der Waals surface area contributed by atoms with Crippen LogP contribution >= 0.6 is 11.6 Å². The summed E-state index contributed by atoms with van der Waals surface area (Å²) in [5, 5.41) is 8.06. The molecule has 0 aromatic heterocycles. The van der Waals surface area contributed by atoms with E-state index in [4.69, 9.17) is 16.3 Å². The van der Waals surface area contributed by atoms with Crippen molar-refractivity contribution in [2.24, 2.45) is 5.41 Å². The van der Waals surface area contributed by atoms with E-state index < -0.39 is 57.1 Å². The predicted molar refractivity (Wildman–Crippen MR) is 212 cm³/mol. The molecule has 3 N–H and O–H groups in total. The summed E-state index contributed by atoms with van der Waals surface area (Å²) in [7, 11) is 0. The van der Waals surface area contributed by atoms with Crippen LogP contribution in [-0.2, 0) is 36.6 Å². The number of ether oxygens (including phenoxy) is 1. The van der Waals surface area contributed by atoms with Crippen molar-refractivity contribution in [1.82, 2.24) is 10.6 Å². The average molecular weight is 760 g/mol. The second-order valence-corrected chi connectivity index (χ2v) is 16.6. The van der Waals surface area contributed by atoms with Crippen molar-refractivity contribution in [2.75, 3.05) is 18.4 Å². The number of nitrogens with zero attached hydrogens (tertiary/aromatic N) is 1. The van der Waals surface area contributed by atoms with E-state index in [1.165, 1.54) is 19.4 Å². The van der Waals surface area contributed by atoms with Crippen molar-refractivity contribution < 1.29 is 33.2 Å². The summed E-state index contributed by atoms with van der Waals surface area (Å²) in [6.07, 6.45) is 1.23. The van der Waals surface area contributed by atoms with Gasteiger partial charge in [-0.1, -0.05) is 123 Å². The normalized spacial score (nSPS) is 18.0. The second kappa shape index (κ2) is 16.4. The fourth-order valence-electron chi connectivity index (χ4n) is 6.56. The van der Waals surface area contributed by atoms with Gasteiger partial charge in [-0.3, -0.25) is 19.7 Å². The van der Waals surface area contributed by atoms with Crippen LogP contribution in [0.15, 0.2) is 78.9 Å². The monoisotopic (exact) mass is 759 g/mol. The Morgan fingerprint density at radius 2 is 1.44 bits per heavy atom. The number of carbonyl (C=O) groups excluding carboxylic acids is 5. The smallest absolute Gasteiger partial charge is 0.427 e. The van der Waals surface area contributed by atoms with E-state index in [1.54, 1.807) is 60.7 Å². The van der Waals surface area contributed by atoms with Gasteiger partial charge in [0.05, 0.1) is 0 Å². The van der Waals surface area contributed by atoms with Crippen molar-refractivity contribution in [3.05, 3.63) is 95.6 Å². The lowest BCUT2D eigenvalue weighted by atomic mass is 9.76. The van der Waals surface area contributed by atoms with Crippen molar-refractivity contribution in [1.29, 1.82) is 0 Å². The Hall–Kier alpha value is -4.54. The van der Waals surface area contributed by atoms with Gasteiger partial charge in [0.2, 0.25) is 5.78 Å². The number of benzene rings is 3. The minimum Gasteiger partial charge on any atom is -0.480 e. The molecule has 1 saturated heterocycles. The largest absolute Gasteiger partial charge is 0.480 e. The topological polar surface area (TPSA) is 131 Å². The SMILES string of the molecule is CCC(Oc1ccc(C(C)(C)CC)cc1C(C)(C)CC)C(=O)NCC(C)(C)C(=O)C(Cl)(C(=O)Nc1ccccc1)[N+]1(Cc2ccccc2)C(=O)CNC1=O. The van der Waals surface area contributed by atoms with Gasteiger partial charge >= 0.3 is 22.8 Å². The Balaban J connectivity index is 1.68. The highest BCUT2D eigenvalue weighted by molar-refractivity contribution is 6.48. The molecule has 4 rings (SSSR count). The first-order valence-corrected chi connectivity index (χ1v) is 19.1. The van der Waals surface area contributed by atoms with Gasteiger partial charge in [0.15, 0.2) is 6.10 Å². The van der Waals surface area contributed by atoms with Crippen molar-refractivity contribution in [2.45, 2.75) is 110 Å². The third-order valence-electron chi connectivity index (χ3n) is 11.1. The summed E-state index contributed by atoms with van der Waals surface area (Å²) in [4.78, 5) is 68.2. The first-order valence-electron chi connectivity index (χ1n) is 18.7. The van der Waals surface area contributed by atoms with Gasteiger partial charge in [-0.2, -0.15) is 0 Å². The summed E-state index contributed by atoms with van der Waals surface area (Å²) in [5.41, 5.74) is 1.18. The molecule has 10 nitrogen and oxygen atoms in total. The number of hydrogen-bond donors (Lipinski definition) is 3. The van der Waals surface area contributed by atoms with Crippen LogP contribution in [0.2, 0.25) is 0 Å². The number of anilines is 1. The molecule has 0 bridgehead atoms. The molecule has 3 aromatic carbocycles. The molecule has 1 fully saturated rings. The highest BCUT2D eigenvalue weighted by Crippen LogP contribution is 2.43. The molecule has 11 heteroatoms. The number of urea groups is 1. The van der Waals surface area contributed by atoms with Gasteiger partial charge in [0, 0.05) is 28.8 Å². The quantitative estimate of drug-likeness (QED) is 0.0424. The van der Waals surface area contributed by atoms with Crippen LogP contribution in [0.4, 0.5) is 10.5 Å². The number of carbonyl (C=O) groups is 5. The fraction of sp³-hybridized carbons (Fsp3) is 0.465. The summed E-state index contributed by atoms with van der Waals surface area (Å²) in [6, 6.07) is 22.2. The first kappa shape index (κ1) is 42.2. The minimum atomic E-state index is -2.77. The van der Waals surface area contributed by atoms with E-state index >= 15 is 0 Å². The van der Waals surface area contributed by atoms with Gasteiger partial charge < -0.3 is 15.4 Å². The molecule has 1 aliphatic heterocycles. The van der Waals surface area contributed by atoms with Crippen LogP contribution in [-0.4, -0.2) is 58.2 Å². The number of hydrogen-bond acceptors (Lipinski definition) is 6. The van der Waals surface area contributed by atoms with Crippen LogP contribution < -0.4 is 20.7 Å². The summed E-state index contributed by atoms with van der Waals surface area (Å²) in [5.74, 6) is -2.56. The third kappa shape index (κ3) is 8.25. The molecular formula is C43H56ClN4O6+. The summed E-state index contributed by atoms with van der Waals surface area (Å²) < 4.78 is 5.12. The van der Waals surface area contributed by atoms with E-state index in [1.807, 2.05) is 19.1 Å². The molecule has 290 valence electrons. The number of halogens is 1. The van der Waals surface area contributed by atoms with Crippen molar-refractivity contribution in [3.63, 3.8) is 0 Å². The Morgan fingerprint density at radius 1 is 0.852 bits per heavy atom. The minimum absolute atomic E-state index is 0.0471. The number of para-hydroxylation sites is 1. The standard InChI is InChI=1S/C43H55ClN4O6/c1-10-33(54-34-24-23-30(40(4,5)11-2)25-32(34)41(6,7)12-3)36(50)46-28-42(8,9)37(51)43(44,38(52)47-31-21-17-14-18-22-31)48(35(49)26-45-39(48)53)27-29-19-15-13-16-20-29/h13-25,33H,10-12,26-28H2,1-9H3,(H2-,45,46,47,50,52,53)/p+1. The number of ketones is 1. The number of Topliss-reactive ketones (excluding diaryl/α,β-unsaturated/α-hetero) is 1. The van der Waals surface area contributed by atoms with Gasteiger partial charge in [-0.15, -0.1) is 4.48 Å². The molecule has 0 spiro atoms. The molecule has 0 radical (unpaired) electrons. The Kier molecular flexibility index (Phi) is 12.9. The second-order valence-electron chi connectivity index (χ2n) is 16.1. The molecule has 1 aliphatic rings. The third-order valence-corrected chi connectivity index (χ3v) is 11.7. The van der Waals surface area contributed by atoms with E-state index in [-0.39, 0.29) is 23.9 Å². The Bertz CT molecular complexity index is 1840. The predicted octanol–water partition coefficient (Wildman–Crippen LogP) is 7.77. The summed E-state index contributed by atoms with van der Waals surface area (Å²) >= 11 is 7.31. The fourth-order valence-corrected chi connectivity index (χ4v) is 7.09. The number of imide groups is 1. The number of nitrogens with one attached hydrogen (secondary N) is 3. The van der Waals surface area contributed by atoms with Crippen LogP contribution in [0, 0.1) is 5.41 Å². The van der Waals surface area contributed by atoms with Crippen LogP contribution in [0.1, 0.15) is 98.3 Å². The molecular weight excluding hydrogens is 704 g/mol. The zero-order chi connectivity index (χ0) is 40.1. The van der Waals surface area contributed by atoms with Crippen LogP contribution in [0.3, 0.4) is 0 Å². The molecule has 1 heterocycles. The molecule has 54 heavy (non-hydrogen) atoms. The van der Waals surface area contributed by atoms with E-state index in [0.717, 1.165) is 18.4 Å². The first-order chi connectivity index (χ1) is 25.3. The number of quaternary nitrogens is 1. The number of amides is 5. The molecule has 3 atom stereocenters. The Morgan fingerprint density at radius 3 is 1.98 bits per heavy atom. The highest BCUT2D eigenvalue weighted by atomic mass is 35.5. The van der Waals surface area contributed by atoms with Gasteiger partial charge in [0.25, 0.3) is 5.91 Å². The molecule has 3 unspecified atom stereocenters. The Labute approximate surface area is 325 Å². The zero-order valence-electron chi connectivity index (χ0n) is 33.1. The van der Waals surface area contributed by atoms with Gasteiger partial charge in [0.1, 0.15) is 18.8 Å². The summed E-state index contributed by atoms with van der Waals surface area (Å²) in [6.45, 7) is 16.8. The van der Waals surface area contributed by atoms with Gasteiger partial charge in [-0.05, 0) is 65.5 Å². The average Bonchev–Trinajstić information content (AvgIpc) is 3.45. The zero-order valence-corrected chi connectivity index (χ0v) is 33.9. The lowest BCUT2D eigenvalue weighted by Crippen LogP contribution is -2.74. The van der Waals surface area contributed by atoms with Crippen LogP contribution in [0.25, 0.3) is 0 Å². The maximum Gasteiger partial charge on any atom is 0.427 e. The van der Waals surface area contributed by atoms with E-state index in [9.17, 15) is 24.0 Å². The lowest BCUT2D eigenvalue weighted by Gasteiger charge is -2.42. The van der Waals surface area contributed by atoms with Crippen molar-refractivity contribution in [3.8, 4) is 5.75 Å². The van der Waals surface area contributed by atoms with E-state index in [0.29, 0.717) is 23.4 Å². The number of rotatable bonds is 17. The van der Waals surface area contributed by atoms with Crippen molar-refractivity contribution >= 4 is 46.8 Å². The van der Waals surface area contributed by atoms with E-state index in [2.05, 4.69) is 63.6 Å². The molecule has 5 amide bonds. The molecule has 0 aliphatic carbocycles. The maximum absolute atomic E-state index is 14.9. The van der Waals surface area contributed by atoms with Crippen LogP contribution in [0.5, 0.6) is 5.75 Å². The maximum atomic E-state index is 14.9. The highest BCUT2D eigenvalue weighted by Gasteiger charge is 2.73. The molecule has 3 aromatic rings. The van der Waals surface area contributed by atoms with Gasteiger partial charge in [-0.25, -0.2) is 9.59 Å². The number of alkyl halides is 1. The lowest BCUT2D eigenvalue weighted by molar-refractivity contribution is -0.801.